The van der Waals surface area contributed by atoms with E-state index >= 15 is 0 Å². The fourth-order valence-electron chi connectivity index (χ4n) is 3.44. The smallest absolute Gasteiger partial charge is 0.238 e. The van der Waals surface area contributed by atoms with Gasteiger partial charge in [-0.2, -0.15) is 4.31 Å². The summed E-state index contributed by atoms with van der Waals surface area (Å²) in [7, 11) is -3.44. The molecule has 2 heterocycles. The van der Waals surface area contributed by atoms with E-state index in [0.29, 0.717) is 25.9 Å². The Labute approximate surface area is 172 Å². The van der Waals surface area contributed by atoms with Crippen molar-refractivity contribution in [3.63, 3.8) is 0 Å². The highest BCUT2D eigenvalue weighted by Gasteiger charge is 2.45. The summed E-state index contributed by atoms with van der Waals surface area (Å²) in [6.45, 7) is 4.97. The fraction of sp³-hybridized carbons (Fsp3) is 0.550. The van der Waals surface area contributed by atoms with Crippen molar-refractivity contribution in [2.24, 2.45) is 0 Å². The van der Waals surface area contributed by atoms with Gasteiger partial charge in [0, 0.05) is 30.3 Å². The third-order valence-electron chi connectivity index (χ3n) is 5.40. The molecule has 2 aliphatic heterocycles. The first-order valence-electron chi connectivity index (χ1n) is 9.79. The highest BCUT2D eigenvalue weighted by molar-refractivity contribution is 8.01. The molecule has 2 N–H and O–H groups in total. The molecule has 1 spiro atoms. The van der Waals surface area contributed by atoms with Crippen LogP contribution in [0.5, 0.6) is 0 Å². The van der Waals surface area contributed by atoms with Crippen LogP contribution >= 0.6 is 11.8 Å². The standard InChI is InChI=1S/C20H29N3O3S2/c1-3-16(2)21-19(24)18-15-27-20(22-18)10-12-23(13-11-20)28(25,26)14-9-17-7-5-4-6-8-17/h4-9,14,16,18,22H,3,10-13,15H2,1-2H3,(H,21,24)/b14-9+/t16-,18-/m0/s1. The van der Waals surface area contributed by atoms with Gasteiger partial charge in [-0.3, -0.25) is 10.1 Å². The zero-order chi connectivity index (χ0) is 20.2. The minimum absolute atomic E-state index is 0.0413. The summed E-state index contributed by atoms with van der Waals surface area (Å²) >= 11 is 1.75. The lowest BCUT2D eigenvalue weighted by atomic mass is 10.0. The van der Waals surface area contributed by atoms with Gasteiger partial charge >= 0.3 is 0 Å². The van der Waals surface area contributed by atoms with Crippen LogP contribution < -0.4 is 10.6 Å². The summed E-state index contributed by atoms with van der Waals surface area (Å²) < 4.78 is 26.8. The van der Waals surface area contributed by atoms with Gasteiger partial charge in [-0.1, -0.05) is 37.3 Å². The van der Waals surface area contributed by atoms with Crippen molar-refractivity contribution in [2.45, 2.75) is 50.1 Å². The van der Waals surface area contributed by atoms with E-state index in [1.807, 2.05) is 44.2 Å². The summed E-state index contributed by atoms with van der Waals surface area (Å²) in [6, 6.07) is 9.38. The van der Waals surface area contributed by atoms with E-state index in [1.165, 1.54) is 9.71 Å². The van der Waals surface area contributed by atoms with Crippen LogP contribution in [0.25, 0.3) is 6.08 Å². The number of thioether (sulfide) groups is 1. The van der Waals surface area contributed by atoms with Gasteiger partial charge in [0.1, 0.15) is 0 Å². The topological polar surface area (TPSA) is 78.5 Å². The Hall–Kier alpha value is -1.35. The molecule has 0 aromatic heterocycles. The van der Waals surface area contributed by atoms with Crippen molar-refractivity contribution in [1.29, 1.82) is 0 Å². The molecule has 3 rings (SSSR count). The molecule has 1 amide bonds. The second-order valence-electron chi connectivity index (χ2n) is 7.48. The van der Waals surface area contributed by atoms with Crippen LogP contribution in [-0.2, 0) is 14.8 Å². The highest BCUT2D eigenvalue weighted by atomic mass is 32.2. The van der Waals surface area contributed by atoms with Crippen molar-refractivity contribution >= 4 is 33.8 Å². The van der Waals surface area contributed by atoms with Gasteiger partial charge < -0.3 is 5.32 Å². The predicted molar refractivity (Wildman–Crippen MR) is 115 cm³/mol. The average molecular weight is 424 g/mol. The van der Waals surface area contributed by atoms with Gasteiger partial charge in [-0.05, 0) is 37.8 Å². The van der Waals surface area contributed by atoms with Crippen LogP contribution in [0.15, 0.2) is 35.7 Å². The molecule has 6 nitrogen and oxygen atoms in total. The summed E-state index contributed by atoms with van der Waals surface area (Å²) in [5.74, 6) is 0.766. The molecule has 0 saturated carbocycles. The van der Waals surface area contributed by atoms with Crippen molar-refractivity contribution in [2.75, 3.05) is 18.8 Å². The number of piperidine rings is 1. The molecule has 1 aromatic carbocycles. The lowest BCUT2D eigenvalue weighted by Gasteiger charge is -2.38. The Kier molecular flexibility index (Phi) is 6.85. The molecule has 2 fully saturated rings. The number of sulfonamides is 1. The largest absolute Gasteiger partial charge is 0.352 e. The molecular weight excluding hydrogens is 394 g/mol. The van der Waals surface area contributed by atoms with E-state index < -0.39 is 10.0 Å². The number of benzene rings is 1. The van der Waals surface area contributed by atoms with Gasteiger partial charge in [0.15, 0.2) is 0 Å². The van der Waals surface area contributed by atoms with Crippen LogP contribution in [-0.4, -0.2) is 54.4 Å². The summed E-state index contributed by atoms with van der Waals surface area (Å²) in [6.07, 6.45) is 3.93. The fourth-order valence-corrected chi connectivity index (χ4v) is 6.05. The highest BCUT2D eigenvalue weighted by Crippen LogP contribution is 2.39. The number of hydrogen-bond donors (Lipinski definition) is 2. The molecule has 8 heteroatoms. The normalized spacial score (nSPS) is 23.9. The maximum absolute atomic E-state index is 12.6. The zero-order valence-electron chi connectivity index (χ0n) is 16.4. The summed E-state index contributed by atoms with van der Waals surface area (Å²) in [5, 5.41) is 7.80. The Bertz CT molecular complexity index is 803. The lowest BCUT2D eigenvalue weighted by molar-refractivity contribution is -0.123. The van der Waals surface area contributed by atoms with E-state index in [2.05, 4.69) is 10.6 Å². The van der Waals surface area contributed by atoms with Crippen LogP contribution in [0.1, 0.15) is 38.7 Å². The van der Waals surface area contributed by atoms with Crippen molar-refractivity contribution in [3.05, 3.63) is 41.3 Å². The molecule has 0 bridgehead atoms. The van der Waals surface area contributed by atoms with Crippen LogP contribution in [0, 0.1) is 0 Å². The molecule has 2 aliphatic rings. The van der Waals surface area contributed by atoms with Crippen molar-refractivity contribution in [3.8, 4) is 0 Å². The van der Waals surface area contributed by atoms with Gasteiger partial charge in [-0.15, -0.1) is 11.8 Å². The second-order valence-corrected chi connectivity index (χ2v) is 10.7. The number of carbonyl (C=O) groups excluding carboxylic acids is 1. The SMILES string of the molecule is CC[C@H](C)NC(=O)[C@@H]1CSC2(CCN(S(=O)(=O)/C=C/c3ccccc3)CC2)N1. The Morgan fingerprint density at radius 1 is 1.36 bits per heavy atom. The molecule has 2 saturated heterocycles. The average Bonchev–Trinajstić information content (AvgIpc) is 3.11. The number of hydrogen-bond acceptors (Lipinski definition) is 5. The van der Waals surface area contributed by atoms with Crippen LogP contribution in [0.2, 0.25) is 0 Å². The number of carbonyl (C=O) groups is 1. The van der Waals surface area contributed by atoms with E-state index in [0.717, 1.165) is 17.7 Å². The Morgan fingerprint density at radius 3 is 2.68 bits per heavy atom. The van der Waals surface area contributed by atoms with E-state index in [1.54, 1.807) is 17.8 Å². The molecule has 154 valence electrons. The van der Waals surface area contributed by atoms with Crippen molar-refractivity contribution in [1.82, 2.24) is 14.9 Å². The van der Waals surface area contributed by atoms with E-state index in [4.69, 9.17) is 0 Å². The molecule has 28 heavy (non-hydrogen) atoms. The third kappa shape index (κ3) is 5.17. The number of nitrogens with one attached hydrogen (secondary N) is 2. The van der Waals surface area contributed by atoms with Gasteiger partial charge in [0.25, 0.3) is 0 Å². The molecule has 0 unspecified atom stereocenters. The lowest BCUT2D eigenvalue weighted by Crippen LogP contribution is -2.54. The summed E-state index contributed by atoms with van der Waals surface area (Å²) in [5.41, 5.74) is 0.864. The van der Waals surface area contributed by atoms with Gasteiger partial charge in [0.05, 0.1) is 10.9 Å². The minimum atomic E-state index is -3.44. The third-order valence-corrected chi connectivity index (χ3v) is 8.55. The zero-order valence-corrected chi connectivity index (χ0v) is 18.1. The number of amides is 1. The maximum atomic E-state index is 12.6. The number of nitrogens with zero attached hydrogens (tertiary/aromatic N) is 1. The quantitative estimate of drug-likeness (QED) is 0.735. The van der Waals surface area contributed by atoms with Crippen LogP contribution in [0.4, 0.5) is 0 Å². The first-order valence-corrected chi connectivity index (χ1v) is 12.3. The van der Waals surface area contributed by atoms with E-state index in [9.17, 15) is 13.2 Å². The van der Waals surface area contributed by atoms with E-state index in [-0.39, 0.29) is 22.9 Å². The Morgan fingerprint density at radius 2 is 2.04 bits per heavy atom. The van der Waals surface area contributed by atoms with Crippen LogP contribution in [0.3, 0.4) is 0 Å². The first-order chi connectivity index (χ1) is 13.3. The molecule has 0 radical (unpaired) electrons. The Balaban J connectivity index is 1.55. The second kappa shape index (κ2) is 8.98. The molecule has 0 aliphatic carbocycles. The summed E-state index contributed by atoms with van der Waals surface area (Å²) in [4.78, 5) is 12.2. The maximum Gasteiger partial charge on any atom is 0.238 e. The van der Waals surface area contributed by atoms with Crippen molar-refractivity contribution < 1.29 is 13.2 Å². The first kappa shape index (κ1) is 21.4. The van der Waals surface area contributed by atoms with Gasteiger partial charge in [0.2, 0.25) is 15.9 Å². The molecule has 2 atom stereocenters. The minimum Gasteiger partial charge on any atom is -0.352 e. The van der Waals surface area contributed by atoms with Gasteiger partial charge in [-0.25, -0.2) is 8.42 Å². The molecular formula is C20H29N3O3S2. The number of rotatable bonds is 6. The monoisotopic (exact) mass is 423 g/mol. The predicted octanol–water partition coefficient (Wildman–Crippen LogP) is 2.40. The molecule has 1 aromatic rings.